The normalized spacial score (nSPS) is 19.7. The fourth-order valence-corrected chi connectivity index (χ4v) is 9.69. The first-order chi connectivity index (χ1) is 21.7. The fraction of sp³-hybridized carbons (Fsp3) is 0.351. The summed E-state index contributed by atoms with van der Waals surface area (Å²) in [6, 6.07) is 21.8. The monoisotopic (exact) mass is 765 g/mol. The van der Waals surface area contributed by atoms with Crippen LogP contribution in [0.4, 0.5) is 0 Å². The predicted molar refractivity (Wildman–Crippen MR) is 186 cm³/mol. The molecule has 0 saturated heterocycles. The van der Waals surface area contributed by atoms with Crippen LogP contribution in [0.2, 0.25) is 0 Å². The Morgan fingerprint density at radius 3 is 1.74 bits per heavy atom. The molecule has 0 radical (unpaired) electrons. The summed E-state index contributed by atoms with van der Waals surface area (Å²) >= 11 is 7.13. The van der Waals surface area contributed by atoms with Gasteiger partial charge in [0.25, 0.3) is 0 Å². The first-order valence-electron chi connectivity index (χ1n) is 15.5. The Kier molecular flexibility index (Phi) is 8.74. The van der Waals surface area contributed by atoms with E-state index in [1.807, 2.05) is 18.2 Å². The van der Waals surface area contributed by atoms with Crippen molar-refractivity contribution in [3.05, 3.63) is 115 Å². The van der Waals surface area contributed by atoms with Crippen LogP contribution in [0.3, 0.4) is 0 Å². The maximum atomic E-state index is 14.2. The van der Waals surface area contributed by atoms with Crippen molar-refractivity contribution < 1.29 is 22.2 Å². The molecule has 46 heavy (non-hydrogen) atoms. The van der Waals surface area contributed by atoms with Crippen molar-refractivity contribution in [1.29, 1.82) is 0 Å². The zero-order valence-corrected chi connectivity index (χ0v) is 30.4. The maximum Gasteiger partial charge on any atom is 0.339 e. The van der Waals surface area contributed by atoms with E-state index in [4.69, 9.17) is 4.18 Å². The average molecular weight is 768 g/mol. The molecule has 0 aromatic heterocycles. The summed E-state index contributed by atoms with van der Waals surface area (Å²) in [6.45, 7) is 9.19. The zero-order valence-electron chi connectivity index (χ0n) is 26.4. The highest BCUT2D eigenvalue weighted by atomic mass is 79.9. The van der Waals surface area contributed by atoms with E-state index in [-0.39, 0.29) is 33.0 Å². The first kappa shape index (κ1) is 32.9. The number of halogens is 2. The van der Waals surface area contributed by atoms with Crippen molar-refractivity contribution in [2.75, 3.05) is 6.54 Å². The average Bonchev–Trinajstić information content (AvgIpc) is 2.97. The largest absolute Gasteiger partial charge is 0.377 e. The number of hydrogen-bond acceptors (Lipinski definition) is 6. The molecule has 3 aromatic carbocycles. The van der Waals surface area contributed by atoms with Crippen LogP contribution in [0.5, 0.6) is 5.75 Å². The molecule has 0 fully saturated rings. The van der Waals surface area contributed by atoms with Crippen LogP contribution in [0.25, 0.3) is 0 Å². The Morgan fingerprint density at radius 1 is 0.761 bits per heavy atom. The molecular weight excluding hydrogens is 730 g/mol. The van der Waals surface area contributed by atoms with E-state index in [1.165, 1.54) is 17.7 Å². The van der Waals surface area contributed by atoms with Gasteiger partial charge in [0.05, 0.1) is 8.95 Å². The topological polar surface area (TPSA) is 80.8 Å². The Bertz CT molecular complexity index is 1820. The van der Waals surface area contributed by atoms with Gasteiger partial charge in [-0.05, 0) is 97.3 Å². The molecule has 0 unspecified atom stereocenters. The van der Waals surface area contributed by atoms with Crippen LogP contribution in [-0.4, -0.2) is 31.4 Å². The molecule has 240 valence electrons. The molecule has 3 aromatic rings. The van der Waals surface area contributed by atoms with Crippen molar-refractivity contribution in [1.82, 2.24) is 4.90 Å². The third-order valence-corrected chi connectivity index (χ3v) is 11.5. The summed E-state index contributed by atoms with van der Waals surface area (Å²) in [5.74, 6) is -0.380. The number of carbonyl (C=O) groups excluding carboxylic acids is 2. The SMILES string of the molecule is CC1(C)CC(=O)C2=C(C1)N(CCc1ccccc1)C1=C(C(=O)CC(C)(C)C1)C2c1cc(Br)c(OS(=O)(=O)c2ccccc2)c(Br)c1. The smallest absolute Gasteiger partial charge is 0.339 e. The molecular formula is C37H37Br2NO5S. The summed E-state index contributed by atoms with van der Waals surface area (Å²) in [4.78, 5) is 30.7. The van der Waals surface area contributed by atoms with Crippen molar-refractivity contribution in [2.24, 2.45) is 10.8 Å². The number of ketones is 2. The molecule has 0 saturated carbocycles. The molecule has 0 N–H and O–H groups in total. The van der Waals surface area contributed by atoms with Crippen molar-refractivity contribution in [2.45, 2.75) is 70.6 Å². The Balaban J connectivity index is 1.49. The minimum atomic E-state index is -4.11. The van der Waals surface area contributed by atoms with Crippen LogP contribution in [0, 0.1) is 10.8 Å². The van der Waals surface area contributed by atoms with Gasteiger partial charge in [-0.25, -0.2) is 0 Å². The van der Waals surface area contributed by atoms with Crippen LogP contribution in [0.15, 0.2) is 109 Å². The Hall–Kier alpha value is -3.01. The standard InChI is InChI=1S/C37H37Br2NO5S/c1-36(2)19-28-33(30(41)21-36)32(24-17-26(38)35(27(39)18-24)45-46(43,44)25-13-9-6-10-14-25)34-29(20-37(3,4)22-31(34)42)40(28)16-15-23-11-7-5-8-12-23/h5-14,17-18,32H,15-16,19-22H2,1-4H3. The summed E-state index contributed by atoms with van der Waals surface area (Å²) in [5.41, 5.74) is 4.78. The molecule has 9 heteroatoms. The fourth-order valence-electron chi connectivity index (χ4n) is 7.11. The van der Waals surface area contributed by atoms with Gasteiger partial charge in [0.2, 0.25) is 0 Å². The molecule has 0 atom stereocenters. The molecule has 0 spiro atoms. The highest BCUT2D eigenvalue weighted by molar-refractivity contribution is 9.11. The van der Waals surface area contributed by atoms with E-state index in [1.54, 1.807) is 30.3 Å². The lowest BCUT2D eigenvalue weighted by atomic mass is 9.63. The third-order valence-electron chi connectivity index (χ3n) is 9.07. The van der Waals surface area contributed by atoms with Gasteiger partial charge in [-0.2, -0.15) is 8.42 Å². The van der Waals surface area contributed by atoms with Gasteiger partial charge in [0, 0.05) is 47.8 Å². The number of carbonyl (C=O) groups is 2. The molecule has 1 heterocycles. The number of allylic oxidation sites excluding steroid dienone is 4. The van der Waals surface area contributed by atoms with E-state index in [9.17, 15) is 18.0 Å². The second kappa shape index (κ2) is 12.2. The molecule has 1 aliphatic heterocycles. The number of nitrogens with zero attached hydrogens (tertiary/aromatic N) is 1. The van der Waals surface area contributed by atoms with E-state index >= 15 is 0 Å². The Morgan fingerprint density at radius 2 is 1.24 bits per heavy atom. The predicted octanol–water partition coefficient (Wildman–Crippen LogP) is 8.91. The highest BCUT2D eigenvalue weighted by Crippen LogP contribution is 2.55. The lowest BCUT2D eigenvalue weighted by Crippen LogP contribution is -2.45. The van der Waals surface area contributed by atoms with E-state index in [0.29, 0.717) is 52.3 Å². The zero-order chi connectivity index (χ0) is 33.0. The summed E-state index contributed by atoms with van der Waals surface area (Å²) in [7, 11) is -4.11. The van der Waals surface area contributed by atoms with Gasteiger partial charge in [-0.3, -0.25) is 9.59 Å². The molecule has 2 aliphatic carbocycles. The van der Waals surface area contributed by atoms with E-state index in [2.05, 4.69) is 76.6 Å². The van der Waals surface area contributed by atoms with Crippen LogP contribution >= 0.6 is 31.9 Å². The third kappa shape index (κ3) is 6.43. The Labute approximate surface area is 288 Å². The van der Waals surface area contributed by atoms with E-state index < -0.39 is 16.0 Å². The van der Waals surface area contributed by atoms with E-state index in [0.717, 1.165) is 23.4 Å². The summed E-state index contributed by atoms with van der Waals surface area (Å²) in [6.07, 6.45) is 2.97. The van der Waals surface area contributed by atoms with Crippen molar-refractivity contribution >= 4 is 53.5 Å². The van der Waals surface area contributed by atoms with Gasteiger partial charge < -0.3 is 9.08 Å². The van der Waals surface area contributed by atoms with Crippen LogP contribution in [-0.2, 0) is 26.1 Å². The molecule has 0 bridgehead atoms. The maximum absolute atomic E-state index is 14.2. The molecule has 6 nitrogen and oxygen atoms in total. The number of hydrogen-bond donors (Lipinski definition) is 0. The van der Waals surface area contributed by atoms with Crippen molar-refractivity contribution in [3.63, 3.8) is 0 Å². The van der Waals surface area contributed by atoms with Gasteiger partial charge in [-0.15, -0.1) is 0 Å². The van der Waals surface area contributed by atoms with Gasteiger partial charge in [0.1, 0.15) is 4.90 Å². The summed E-state index contributed by atoms with van der Waals surface area (Å²) < 4.78 is 32.6. The van der Waals surface area contributed by atoms with Crippen molar-refractivity contribution in [3.8, 4) is 5.75 Å². The summed E-state index contributed by atoms with van der Waals surface area (Å²) in [5, 5.41) is 0. The number of benzene rings is 3. The molecule has 0 amide bonds. The highest BCUT2D eigenvalue weighted by Gasteiger charge is 2.49. The molecule has 6 rings (SSSR count). The van der Waals surface area contributed by atoms with Gasteiger partial charge >= 0.3 is 10.1 Å². The number of Topliss-reactive ketones (excluding diaryl/α,β-unsaturated/α-hetero) is 2. The second-order valence-corrected chi connectivity index (χ2v) is 17.3. The first-order valence-corrected chi connectivity index (χ1v) is 18.5. The lowest BCUT2D eigenvalue weighted by Gasteiger charge is -2.49. The number of rotatable bonds is 7. The van der Waals surface area contributed by atoms with Gasteiger partial charge in [-0.1, -0.05) is 76.2 Å². The van der Waals surface area contributed by atoms with Crippen LogP contribution < -0.4 is 4.18 Å². The van der Waals surface area contributed by atoms with Gasteiger partial charge in [0.15, 0.2) is 17.3 Å². The lowest BCUT2D eigenvalue weighted by molar-refractivity contribution is -0.119. The minimum Gasteiger partial charge on any atom is -0.377 e. The quantitative estimate of drug-likeness (QED) is 0.224. The van der Waals surface area contributed by atoms with Crippen LogP contribution in [0.1, 0.15) is 70.4 Å². The second-order valence-electron chi connectivity index (χ2n) is 14.1. The minimum absolute atomic E-state index is 0.0381. The molecule has 3 aliphatic rings.